The molecule has 0 saturated heterocycles. The molecule has 0 spiro atoms. The maximum atomic E-state index is 12.0. The van der Waals surface area contributed by atoms with Crippen molar-refractivity contribution in [1.29, 1.82) is 0 Å². The first-order valence-corrected chi connectivity index (χ1v) is 7.51. The second-order valence-corrected chi connectivity index (χ2v) is 6.32. The molecule has 0 bridgehead atoms. The Labute approximate surface area is 117 Å². The molecule has 0 atom stereocenters. The van der Waals surface area contributed by atoms with Gasteiger partial charge in [0.15, 0.2) is 0 Å². The molecule has 0 amide bonds. The van der Waals surface area contributed by atoms with Crippen LogP contribution < -0.4 is 10.3 Å². The Bertz CT molecular complexity index is 705. The lowest BCUT2D eigenvalue weighted by molar-refractivity contribution is 0.600. The van der Waals surface area contributed by atoms with E-state index in [1.165, 1.54) is 18.3 Å². The standard InChI is InChI=1S/C11H9IN2O3S/c12-9-3-1-2-4-10(9)14-18(16,17)8-5-6-11(15)13-7-8/h1-7,14H,(H,13,15). The number of rotatable bonds is 3. The molecule has 2 rings (SSSR count). The molecule has 7 heteroatoms. The van der Waals surface area contributed by atoms with E-state index in [-0.39, 0.29) is 10.5 Å². The van der Waals surface area contributed by atoms with Crippen LogP contribution >= 0.6 is 22.6 Å². The number of aromatic nitrogens is 1. The molecule has 0 aliphatic heterocycles. The quantitative estimate of drug-likeness (QED) is 0.802. The van der Waals surface area contributed by atoms with E-state index in [0.717, 1.165) is 3.57 Å². The van der Waals surface area contributed by atoms with Crippen LogP contribution in [0.5, 0.6) is 0 Å². The maximum Gasteiger partial charge on any atom is 0.263 e. The average Bonchev–Trinajstić information content (AvgIpc) is 2.32. The van der Waals surface area contributed by atoms with Crippen LogP contribution in [0.1, 0.15) is 0 Å². The Morgan fingerprint density at radius 2 is 1.83 bits per heavy atom. The first-order valence-electron chi connectivity index (χ1n) is 4.95. The van der Waals surface area contributed by atoms with E-state index >= 15 is 0 Å². The summed E-state index contributed by atoms with van der Waals surface area (Å²) in [6.07, 6.45) is 1.17. The summed E-state index contributed by atoms with van der Waals surface area (Å²) in [6.45, 7) is 0. The van der Waals surface area contributed by atoms with Crippen molar-refractivity contribution < 1.29 is 8.42 Å². The fraction of sp³-hybridized carbons (Fsp3) is 0. The van der Waals surface area contributed by atoms with Gasteiger partial charge in [0.25, 0.3) is 10.0 Å². The minimum atomic E-state index is -3.68. The van der Waals surface area contributed by atoms with Crippen molar-refractivity contribution >= 4 is 38.3 Å². The molecule has 0 unspecified atom stereocenters. The summed E-state index contributed by atoms with van der Waals surface area (Å²) in [5.41, 5.74) is 0.160. The van der Waals surface area contributed by atoms with E-state index in [0.29, 0.717) is 5.69 Å². The largest absolute Gasteiger partial charge is 0.328 e. The van der Waals surface area contributed by atoms with Crippen LogP contribution in [0.3, 0.4) is 0 Å². The predicted octanol–water partition coefficient (Wildman–Crippen LogP) is 1.78. The van der Waals surface area contributed by atoms with Crippen molar-refractivity contribution in [3.63, 3.8) is 0 Å². The fourth-order valence-corrected chi connectivity index (χ4v) is 3.06. The summed E-state index contributed by atoms with van der Waals surface area (Å²) >= 11 is 2.04. The minimum absolute atomic E-state index is 0.0155. The van der Waals surface area contributed by atoms with Gasteiger partial charge < -0.3 is 4.98 Å². The molecule has 0 aliphatic carbocycles. The van der Waals surface area contributed by atoms with Gasteiger partial charge in [-0.15, -0.1) is 0 Å². The molecule has 5 nitrogen and oxygen atoms in total. The topological polar surface area (TPSA) is 79.0 Å². The van der Waals surface area contributed by atoms with Gasteiger partial charge in [0, 0.05) is 15.8 Å². The van der Waals surface area contributed by atoms with Crippen molar-refractivity contribution in [2.75, 3.05) is 4.72 Å². The maximum absolute atomic E-state index is 12.0. The molecule has 0 fully saturated rings. The molecule has 0 radical (unpaired) electrons. The number of aromatic amines is 1. The fourth-order valence-electron chi connectivity index (χ4n) is 1.31. The van der Waals surface area contributed by atoms with Crippen LogP contribution in [-0.4, -0.2) is 13.4 Å². The Balaban J connectivity index is 2.36. The lowest BCUT2D eigenvalue weighted by atomic mass is 10.3. The third kappa shape index (κ3) is 2.91. The third-order valence-corrected chi connectivity index (χ3v) is 4.49. The normalized spacial score (nSPS) is 11.2. The Morgan fingerprint density at radius 3 is 2.44 bits per heavy atom. The monoisotopic (exact) mass is 376 g/mol. The zero-order valence-corrected chi connectivity index (χ0v) is 12.0. The van der Waals surface area contributed by atoms with Crippen LogP contribution in [0.25, 0.3) is 0 Å². The Hall–Kier alpha value is -1.35. The van der Waals surface area contributed by atoms with E-state index < -0.39 is 10.0 Å². The molecular formula is C11H9IN2O3S. The number of nitrogens with one attached hydrogen (secondary N) is 2. The van der Waals surface area contributed by atoms with Gasteiger partial charge in [-0.25, -0.2) is 8.42 Å². The average molecular weight is 376 g/mol. The van der Waals surface area contributed by atoms with Gasteiger partial charge >= 0.3 is 0 Å². The summed E-state index contributed by atoms with van der Waals surface area (Å²) < 4.78 is 27.3. The van der Waals surface area contributed by atoms with Crippen LogP contribution in [-0.2, 0) is 10.0 Å². The van der Waals surface area contributed by atoms with Crippen molar-refractivity contribution in [1.82, 2.24) is 4.98 Å². The van der Waals surface area contributed by atoms with Crippen LogP contribution in [0.4, 0.5) is 5.69 Å². The van der Waals surface area contributed by atoms with Crippen LogP contribution in [0.15, 0.2) is 52.3 Å². The molecule has 2 N–H and O–H groups in total. The highest BCUT2D eigenvalue weighted by atomic mass is 127. The van der Waals surface area contributed by atoms with Crippen LogP contribution in [0, 0.1) is 3.57 Å². The molecule has 1 heterocycles. The lowest BCUT2D eigenvalue weighted by Crippen LogP contribution is -2.15. The highest BCUT2D eigenvalue weighted by molar-refractivity contribution is 14.1. The summed E-state index contributed by atoms with van der Waals surface area (Å²) in [7, 11) is -3.68. The molecule has 2 aromatic rings. The smallest absolute Gasteiger partial charge is 0.263 e. The van der Waals surface area contributed by atoms with E-state index in [1.807, 2.05) is 28.7 Å². The highest BCUT2D eigenvalue weighted by Crippen LogP contribution is 2.20. The third-order valence-electron chi connectivity index (χ3n) is 2.18. The number of H-pyrrole nitrogens is 1. The van der Waals surface area contributed by atoms with E-state index in [2.05, 4.69) is 9.71 Å². The van der Waals surface area contributed by atoms with Gasteiger partial charge in [0.1, 0.15) is 4.90 Å². The van der Waals surface area contributed by atoms with Crippen LogP contribution in [0.2, 0.25) is 0 Å². The second kappa shape index (κ2) is 5.11. The second-order valence-electron chi connectivity index (χ2n) is 3.47. The number of pyridine rings is 1. The van der Waals surface area contributed by atoms with Crippen molar-refractivity contribution in [2.45, 2.75) is 4.90 Å². The van der Waals surface area contributed by atoms with Gasteiger partial charge in [-0.05, 0) is 40.8 Å². The summed E-state index contributed by atoms with van der Waals surface area (Å²) in [6, 6.07) is 9.46. The first kappa shape index (κ1) is 13.1. The molecule has 1 aromatic carbocycles. The molecule has 18 heavy (non-hydrogen) atoms. The zero-order valence-electron chi connectivity index (χ0n) is 9.05. The van der Waals surface area contributed by atoms with Gasteiger partial charge in [-0.3, -0.25) is 9.52 Å². The number of para-hydroxylation sites is 1. The van der Waals surface area contributed by atoms with Gasteiger partial charge in [0.2, 0.25) is 5.56 Å². The van der Waals surface area contributed by atoms with E-state index in [4.69, 9.17) is 0 Å². The summed E-state index contributed by atoms with van der Waals surface area (Å²) in [4.78, 5) is 13.2. The zero-order chi connectivity index (χ0) is 13.2. The highest BCUT2D eigenvalue weighted by Gasteiger charge is 2.15. The van der Waals surface area contributed by atoms with Crippen molar-refractivity contribution in [2.24, 2.45) is 0 Å². The van der Waals surface area contributed by atoms with Crippen molar-refractivity contribution in [3.8, 4) is 0 Å². The van der Waals surface area contributed by atoms with E-state index in [9.17, 15) is 13.2 Å². The SMILES string of the molecule is O=c1ccc(S(=O)(=O)Nc2ccccc2I)c[nH]1. The minimum Gasteiger partial charge on any atom is -0.328 e. The van der Waals surface area contributed by atoms with Gasteiger partial charge in [-0.1, -0.05) is 12.1 Å². The number of sulfonamides is 1. The van der Waals surface area contributed by atoms with Crippen molar-refractivity contribution in [3.05, 3.63) is 56.5 Å². The van der Waals surface area contributed by atoms with Gasteiger partial charge in [0.05, 0.1) is 5.69 Å². The molecular weight excluding hydrogens is 367 g/mol. The number of anilines is 1. The van der Waals surface area contributed by atoms with Gasteiger partial charge in [-0.2, -0.15) is 0 Å². The predicted molar refractivity (Wildman–Crippen MR) is 77.0 cm³/mol. The molecule has 0 saturated carbocycles. The number of hydrogen-bond donors (Lipinski definition) is 2. The van der Waals surface area contributed by atoms with E-state index in [1.54, 1.807) is 18.2 Å². The number of benzene rings is 1. The Morgan fingerprint density at radius 1 is 1.11 bits per heavy atom. The number of halogens is 1. The number of hydrogen-bond acceptors (Lipinski definition) is 3. The first-order chi connectivity index (χ1) is 8.49. The lowest BCUT2D eigenvalue weighted by Gasteiger charge is -2.09. The Kier molecular flexibility index (Phi) is 3.71. The molecule has 1 aromatic heterocycles. The molecule has 0 aliphatic rings. The molecule has 94 valence electrons. The summed E-state index contributed by atoms with van der Waals surface area (Å²) in [5, 5.41) is 0. The summed E-state index contributed by atoms with van der Waals surface area (Å²) in [5.74, 6) is 0.